The molecule has 0 radical (unpaired) electrons. The van der Waals surface area contributed by atoms with Crippen molar-refractivity contribution in [3.05, 3.63) is 76.8 Å². The van der Waals surface area contributed by atoms with Crippen LogP contribution in [0.4, 0.5) is 24.5 Å². The molecule has 0 spiro atoms. The molecule has 1 saturated carbocycles. The SMILES string of the molecule is COc1cc(NC(C(=O)N2CCc3ccc(OC(F)(F)F)cc32)c2ccc(Cl)cc2)cc(OCC2CC2C(=O)O)c1. The number of carboxylic acid groups (broad SMARTS) is 1. The van der Waals surface area contributed by atoms with Crippen LogP contribution in [0.1, 0.15) is 23.6 Å². The maximum absolute atomic E-state index is 14.0. The van der Waals surface area contributed by atoms with Crippen LogP contribution in [-0.4, -0.2) is 43.6 Å². The molecule has 1 heterocycles. The lowest BCUT2D eigenvalue weighted by Gasteiger charge is -2.26. The van der Waals surface area contributed by atoms with E-state index in [4.69, 9.17) is 26.2 Å². The molecular formula is C29H26ClF3N2O6. The fraction of sp³-hybridized carbons (Fsp3) is 0.310. The van der Waals surface area contributed by atoms with E-state index in [0.29, 0.717) is 46.3 Å². The maximum atomic E-state index is 14.0. The first-order valence-electron chi connectivity index (χ1n) is 12.8. The number of nitrogens with zero attached hydrogens (tertiary/aromatic N) is 1. The van der Waals surface area contributed by atoms with E-state index >= 15 is 0 Å². The normalized spacial score (nSPS) is 18.3. The zero-order chi connectivity index (χ0) is 29.3. The Morgan fingerprint density at radius 1 is 1.07 bits per heavy atom. The highest BCUT2D eigenvalue weighted by Crippen LogP contribution is 2.40. The Labute approximate surface area is 238 Å². The van der Waals surface area contributed by atoms with Crippen LogP contribution in [0.5, 0.6) is 17.2 Å². The third kappa shape index (κ3) is 6.79. The van der Waals surface area contributed by atoms with E-state index in [-0.39, 0.29) is 19.1 Å². The Hall–Kier alpha value is -4.12. The van der Waals surface area contributed by atoms with Crippen molar-refractivity contribution in [3.8, 4) is 17.2 Å². The fourth-order valence-corrected chi connectivity index (χ4v) is 4.97. The van der Waals surface area contributed by atoms with E-state index in [1.54, 1.807) is 42.5 Å². The van der Waals surface area contributed by atoms with Gasteiger partial charge in [0.1, 0.15) is 23.3 Å². The van der Waals surface area contributed by atoms with Crippen LogP contribution in [0, 0.1) is 11.8 Å². The van der Waals surface area contributed by atoms with Crippen molar-refractivity contribution in [1.29, 1.82) is 0 Å². The molecule has 3 atom stereocenters. The Morgan fingerprint density at radius 3 is 2.46 bits per heavy atom. The molecule has 5 rings (SSSR count). The third-order valence-electron chi connectivity index (χ3n) is 7.03. The first-order valence-corrected chi connectivity index (χ1v) is 13.2. The van der Waals surface area contributed by atoms with E-state index in [2.05, 4.69) is 10.1 Å². The lowest BCUT2D eigenvalue weighted by molar-refractivity contribution is -0.274. The van der Waals surface area contributed by atoms with Crippen LogP contribution in [0.25, 0.3) is 0 Å². The van der Waals surface area contributed by atoms with Crippen molar-refractivity contribution < 1.29 is 42.1 Å². The molecule has 0 bridgehead atoms. The molecule has 8 nitrogen and oxygen atoms in total. The number of carboxylic acids is 1. The van der Waals surface area contributed by atoms with Gasteiger partial charge in [0.05, 0.1) is 25.3 Å². The standard InChI is InChI=1S/C29H26ClF3N2O6/c1-39-22-11-20(12-23(13-22)40-15-18-10-24(18)28(37)38)34-26(17-2-5-19(30)6-3-17)27(36)35-9-8-16-4-7-21(14-25(16)35)41-29(31,32)33/h2-7,11-14,18,24,26,34H,8-10,15H2,1H3,(H,37,38). The quantitative estimate of drug-likeness (QED) is 0.295. The van der Waals surface area contributed by atoms with Gasteiger partial charge in [-0.05, 0) is 42.2 Å². The zero-order valence-corrected chi connectivity index (χ0v) is 22.5. The van der Waals surface area contributed by atoms with Gasteiger partial charge < -0.3 is 29.5 Å². The molecular weight excluding hydrogens is 565 g/mol. The number of anilines is 2. The monoisotopic (exact) mass is 590 g/mol. The minimum absolute atomic E-state index is 0.0834. The van der Waals surface area contributed by atoms with Gasteiger partial charge in [-0.3, -0.25) is 9.59 Å². The number of nitrogens with one attached hydrogen (secondary N) is 1. The van der Waals surface area contributed by atoms with E-state index in [1.165, 1.54) is 30.2 Å². The van der Waals surface area contributed by atoms with Crippen LogP contribution in [0.15, 0.2) is 60.7 Å². The number of carbonyl (C=O) groups is 2. The first kappa shape index (κ1) is 28.4. The summed E-state index contributed by atoms with van der Waals surface area (Å²) >= 11 is 6.08. The molecule has 1 aliphatic carbocycles. The van der Waals surface area contributed by atoms with E-state index in [9.17, 15) is 22.8 Å². The molecule has 0 saturated heterocycles. The molecule has 1 aliphatic heterocycles. The Morgan fingerprint density at radius 2 is 1.80 bits per heavy atom. The minimum atomic E-state index is -4.87. The number of hydrogen-bond donors (Lipinski definition) is 2. The lowest BCUT2D eigenvalue weighted by atomic mass is 10.0. The number of rotatable bonds is 10. The topological polar surface area (TPSA) is 97.3 Å². The lowest BCUT2D eigenvalue weighted by Crippen LogP contribution is -2.37. The number of methoxy groups -OCH3 is 1. The van der Waals surface area contributed by atoms with E-state index in [0.717, 1.165) is 5.56 Å². The van der Waals surface area contributed by atoms with Gasteiger partial charge in [-0.1, -0.05) is 29.8 Å². The number of hydrogen-bond acceptors (Lipinski definition) is 6. The number of ether oxygens (including phenoxy) is 3. The summed E-state index contributed by atoms with van der Waals surface area (Å²) in [7, 11) is 1.48. The molecule has 216 valence electrons. The number of aliphatic carboxylic acids is 1. The molecule has 12 heteroatoms. The molecule has 2 N–H and O–H groups in total. The van der Waals surface area contributed by atoms with Gasteiger partial charge in [-0.25, -0.2) is 0 Å². The van der Waals surface area contributed by atoms with Gasteiger partial charge >= 0.3 is 12.3 Å². The van der Waals surface area contributed by atoms with Gasteiger partial charge in [0.2, 0.25) is 0 Å². The molecule has 3 aromatic carbocycles. The summed E-state index contributed by atoms with van der Waals surface area (Å²) in [6, 6.07) is 14.7. The second kappa shape index (κ2) is 11.4. The van der Waals surface area contributed by atoms with Crippen LogP contribution >= 0.6 is 11.6 Å². The van der Waals surface area contributed by atoms with Crippen LogP contribution in [0.2, 0.25) is 5.02 Å². The van der Waals surface area contributed by atoms with Gasteiger partial charge in [0.25, 0.3) is 5.91 Å². The summed E-state index contributed by atoms with van der Waals surface area (Å²) in [5.41, 5.74) is 2.11. The van der Waals surface area contributed by atoms with Crippen LogP contribution in [0.3, 0.4) is 0 Å². The predicted molar refractivity (Wildman–Crippen MR) is 145 cm³/mol. The Balaban J connectivity index is 1.42. The van der Waals surface area contributed by atoms with Gasteiger partial charge in [-0.15, -0.1) is 13.2 Å². The van der Waals surface area contributed by atoms with Crippen LogP contribution < -0.4 is 24.4 Å². The number of carbonyl (C=O) groups excluding carboxylic acids is 1. The molecule has 0 aromatic heterocycles. The average Bonchev–Trinajstić information content (AvgIpc) is 3.60. The van der Waals surface area contributed by atoms with Crippen LogP contribution in [-0.2, 0) is 16.0 Å². The summed E-state index contributed by atoms with van der Waals surface area (Å²) in [5, 5.41) is 12.8. The number of fused-ring (bicyclic) bond motifs is 1. The first-order chi connectivity index (χ1) is 19.5. The second-order valence-electron chi connectivity index (χ2n) is 9.86. The summed E-state index contributed by atoms with van der Waals surface area (Å²) in [4.78, 5) is 26.6. The molecule has 1 fully saturated rings. The fourth-order valence-electron chi connectivity index (χ4n) is 4.84. The predicted octanol–water partition coefficient (Wildman–Crippen LogP) is 6.09. The molecule has 3 aromatic rings. The maximum Gasteiger partial charge on any atom is 0.573 e. The summed E-state index contributed by atoms with van der Waals surface area (Å²) in [6.07, 6.45) is -3.85. The van der Waals surface area contributed by atoms with Crippen molar-refractivity contribution in [3.63, 3.8) is 0 Å². The highest BCUT2D eigenvalue weighted by molar-refractivity contribution is 6.30. The molecule has 41 heavy (non-hydrogen) atoms. The van der Waals surface area contributed by atoms with Crippen molar-refractivity contribution >= 4 is 34.9 Å². The Bertz CT molecular complexity index is 1450. The summed E-state index contributed by atoms with van der Waals surface area (Å²) in [5.74, 6) is -1.30. The van der Waals surface area contributed by atoms with Crippen molar-refractivity contribution in [2.45, 2.75) is 25.2 Å². The summed E-state index contributed by atoms with van der Waals surface area (Å²) in [6.45, 7) is 0.490. The minimum Gasteiger partial charge on any atom is -0.497 e. The van der Waals surface area contributed by atoms with E-state index < -0.39 is 35.9 Å². The number of amides is 1. The number of halogens is 4. The van der Waals surface area contributed by atoms with E-state index in [1.807, 2.05) is 0 Å². The Kier molecular flexibility index (Phi) is 7.90. The van der Waals surface area contributed by atoms with Gasteiger partial charge in [0.15, 0.2) is 0 Å². The van der Waals surface area contributed by atoms with Crippen molar-refractivity contribution in [2.24, 2.45) is 11.8 Å². The number of alkyl halides is 3. The molecule has 1 amide bonds. The van der Waals surface area contributed by atoms with Crippen molar-refractivity contribution in [2.75, 3.05) is 30.5 Å². The second-order valence-corrected chi connectivity index (χ2v) is 10.3. The average molecular weight is 591 g/mol. The summed E-state index contributed by atoms with van der Waals surface area (Å²) < 4.78 is 53.9. The smallest absolute Gasteiger partial charge is 0.497 e. The van der Waals surface area contributed by atoms with Crippen molar-refractivity contribution in [1.82, 2.24) is 0 Å². The molecule has 3 unspecified atom stereocenters. The largest absolute Gasteiger partial charge is 0.573 e. The van der Waals surface area contributed by atoms with Gasteiger partial charge in [-0.2, -0.15) is 0 Å². The highest BCUT2D eigenvalue weighted by Gasteiger charge is 2.43. The zero-order valence-electron chi connectivity index (χ0n) is 21.8. The van der Waals surface area contributed by atoms with Gasteiger partial charge in [0, 0.05) is 47.4 Å². The molecule has 2 aliphatic rings. The number of benzene rings is 3. The third-order valence-corrected chi connectivity index (χ3v) is 7.28. The highest BCUT2D eigenvalue weighted by atomic mass is 35.5.